The van der Waals surface area contributed by atoms with Crippen LogP contribution in [0.5, 0.6) is 0 Å². The Morgan fingerprint density at radius 2 is 1.74 bits per heavy atom. The highest BCUT2D eigenvalue weighted by Gasteiger charge is 2.62. The Hall–Kier alpha value is -1.56. The molecular weight excluding hydrogens is 259 g/mol. The van der Waals surface area contributed by atoms with Crippen LogP contribution in [0, 0.1) is 0 Å². The maximum Gasteiger partial charge on any atom is 0.406 e. The minimum absolute atomic E-state index is 0.0831. The van der Waals surface area contributed by atoms with Crippen LogP contribution in [0.3, 0.4) is 0 Å². The molecule has 19 heavy (non-hydrogen) atoms. The average Bonchev–Trinajstić information content (AvgIpc) is 3.08. The first-order valence-electron chi connectivity index (χ1n) is 5.94. The Balaban J connectivity index is 1.92. The molecule has 0 heterocycles. The van der Waals surface area contributed by atoms with Gasteiger partial charge >= 0.3 is 12.1 Å². The Bertz CT molecular complexity index is 464. The van der Waals surface area contributed by atoms with Crippen LogP contribution in [0.1, 0.15) is 24.0 Å². The van der Waals surface area contributed by atoms with Crippen molar-refractivity contribution in [3.05, 3.63) is 35.4 Å². The lowest BCUT2D eigenvalue weighted by molar-refractivity contribution is -0.166. The van der Waals surface area contributed by atoms with Crippen molar-refractivity contribution in [2.45, 2.75) is 37.5 Å². The largest absolute Gasteiger partial charge is 0.481 e. The van der Waals surface area contributed by atoms with Crippen LogP contribution < -0.4 is 5.32 Å². The van der Waals surface area contributed by atoms with Gasteiger partial charge < -0.3 is 5.11 Å². The predicted octanol–water partition coefficient (Wildman–Crippen LogP) is 2.50. The number of carbonyl (C=O) groups is 1. The third-order valence-electron chi connectivity index (χ3n) is 3.30. The van der Waals surface area contributed by atoms with Gasteiger partial charge in [0.1, 0.15) is 5.54 Å². The number of carboxylic acid groups (broad SMARTS) is 1. The van der Waals surface area contributed by atoms with Gasteiger partial charge in [-0.05, 0) is 24.0 Å². The summed E-state index contributed by atoms with van der Waals surface area (Å²) in [5, 5.41) is 11.2. The molecule has 1 aromatic rings. The second kappa shape index (κ2) is 4.85. The van der Waals surface area contributed by atoms with Gasteiger partial charge in [0.2, 0.25) is 0 Å². The number of alkyl halides is 3. The molecule has 0 bridgehead atoms. The van der Waals surface area contributed by atoms with Gasteiger partial charge in [0.15, 0.2) is 0 Å². The summed E-state index contributed by atoms with van der Waals surface area (Å²) in [6.45, 7) is 0.132. The van der Waals surface area contributed by atoms with Crippen molar-refractivity contribution >= 4 is 5.97 Å². The van der Waals surface area contributed by atoms with Crippen molar-refractivity contribution in [3.63, 3.8) is 0 Å². The minimum atomic E-state index is -4.21. The number of nitrogens with one attached hydrogen (secondary N) is 1. The highest BCUT2D eigenvalue weighted by Crippen LogP contribution is 2.49. The van der Waals surface area contributed by atoms with Crippen LogP contribution in [-0.4, -0.2) is 22.8 Å². The topological polar surface area (TPSA) is 49.3 Å². The van der Waals surface area contributed by atoms with Gasteiger partial charge in [-0.2, -0.15) is 13.2 Å². The van der Waals surface area contributed by atoms with Gasteiger partial charge in [-0.1, -0.05) is 24.3 Å². The highest BCUT2D eigenvalue weighted by atomic mass is 19.4. The lowest BCUT2D eigenvalue weighted by atomic mass is 10.1. The van der Waals surface area contributed by atoms with E-state index in [9.17, 15) is 18.0 Å². The highest BCUT2D eigenvalue weighted by molar-refractivity contribution is 5.70. The van der Waals surface area contributed by atoms with Crippen molar-refractivity contribution in [1.82, 2.24) is 5.32 Å². The van der Waals surface area contributed by atoms with E-state index < -0.39 is 17.7 Å². The second-order valence-electron chi connectivity index (χ2n) is 4.82. The maximum absolute atomic E-state index is 12.7. The maximum atomic E-state index is 12.7. The first-order valence-corrected chi connectivity index (χ1v) is 5.94. The van der Waals surface area contributed by atoms with Crippen molar-refractivity contribution in [2.24, 2.45) is 0 Å². The molecule has 1 fully saturated rings. The summed E-state index contributed by atoms with van der Waals surface area (Å²) in [7, 11) is 0. The number of aliphatic carboxylic acids is 1. The molecule has 0 saturated heterocycles. The normalized spacial score (nSPS) is 17.2. The molecule has 1 aliphatic carbocycles. The molecule has 104 valence electrons. The number of carboxylic acids is 1. The van der Waals surface area contributed by atoms with Gasteiger partial charge in [-0.3, -0.25) is 10.1 Å². The molecule has 3 nitrogen and oxygen atoms in total. The van der Waals surface area contributed by atoms with Crippen molar-refractivity contribution in [2.75, 3.05) is 0 Å². The Morgan fingerprint density at radius 3 is 2.16 bits per heavy atom. The fourth-order valence-electron chi connectivity index (χ4n) is 1.91. The zero-order valence-electron chi connectivity index (χ0n) is 10.1. The second-order valence-corrected chi connectivity index (χ2v) is 4.82. The van der Waals surface area contributed by atoms with Crippen LogP contribution in [-0.2, 0) is 17.8 Å². The smallest absolute Gasteiger partial charge is 0.406 e. The molecular formula is C13H14F3NO2. The number of benzene rings is 1. The first-order chi connectivity index (χ1) is 8.82. The van der Waals surface area contributed by atoms with E-state index in [2.05, 4.69) is 5.32 Å². The lowest BCUT2D eigenvalue weighted by Crippen LogP contribution is -2.44. The summed E-state index contributed by atoms with van der Waals surface area (Å²) in [6, 6.07) is 6.55. The molecule has 6 heteroatoms. The molecule has 0 spiro atoms. The molecule has 2 rings (SSSR count). The van der Waals surface area contributed by atoms with E-state index in [0.717, 1.165) is 0 Å². The first kappa shape index (κ1) is 13.9. The van der Waals surface area contributed by atoms with Crippen molar-refractivity contribution < 1.29 is 23.1 Å². The summed E-state index contributed by atoms with van der Waals surface area (Å²) in [5.74, 6) is -0.931. The number of hydrogen-bond donors (Lipinski definition) is 2. The van der Waals surface area contributed by atoms with E-state index in [1.807, 2.05) is 0 Å². The molecule has 1 saturated carbocycles. The quantitative estimate of drug-likeness (QED) is 0.866. The summed E-state index contributed by atoms with van der Waals surface area (Å²) >= 11 is 0. The molecule has 2 N–H and O–H groups in total. The molecule has 0 unspecified atom stereocenters. The van der Waals surface area contributed by atoms with Crippen LogP contribution in [0.25, 0.3) is 0 Å². The van der Waals surface area contributed by atoms with Gasteiger partial charge in [0.25, 0.3) is 0 Å². The number of hydrogen-bond acceptors (Lipinski definition) is 2. The van der Waals surface area contributed by atoms with Crippen LogP contribution in [0.2, 0.25) is 0 Å². The van der Waals surface area contributed by atoms with Crippen molar-refractivity contribution in [3.8, 4) is 0 Å². The summed E-state index contributed by atoms with van der Waals surface area (Å²) in [5.41, 5.74) is -0.370. The molecule has 0 amide bonds. The van der Waals surface area contributed by atoms with Crippen LogP contribution >= 0.6 is 0 Å². The van der Waals surface area contributed by atoms with E-state index in [1.165, 1.54) is 0 Å². The van der Waals surface area contributed by atoms with E-state index in [4.69, 9.17) is 5.11 Å². The lowest BCUT2D eigenvalue weighted by Gasteiger charge is -2.20. The Labute approximate surface area is 108 Å². The number of rotatable bonds is 5. The third kappa shape index (κ3) is 3.26. The van der Waals surface area contributed by atoms with Gasteiger partial charge in [0.05, 0.1) is 6.42 Å². The Kier molecular flexibility index (Phi) is 3.54. The zero-order chi connectivity index (χ0) is 14.1. The van der Waals surface area contributed by atoms with Gasteiger partial charge in [0, 0.05) is 6.54 Å². The molecule has 1 aliphatic rings. The minimum Gasteiger partial charge on any atom is -0.481 e. The van der Waals surface area contributed by atoms with E-state index in [0.29, 0.717) is 11.1 Å². The van der Waals surface area contributed by atoms with Crippen LogP contribution in [0.15, 0.2) is 24.3 Å². The zero-order valence-corrected chi connectivity index (χ0v) is 10.1. The molecule has 1 aromatic carbocycles. The van der Waals surface area contributed by atoms with Crippen LogP contribution in [0.4, 0.5) is 13.2 Å². The van der Waals surface area contributed by atoms with E-state index in [1.54, 1.807) is 24.3 Å². The summed E-state index contributed by atoms with van der Waals surface area (Å²) in [4.78, 5) is 10.5. The molecule has 0 aliphatic heterocycles. The van der Waals surface area contributed by atoms with Crippen molar-refractivity contribution in [1.29, 1.82) is 0 Å². The molecule has 0 aromatic heterocycles. The van der Waals surface area contributed by atoms with Gasteiger partial charge in [-0.25, -0.2) is 0 Å². The fraction of sp³-hybridized carbons (Fsp3) is 0.462. The Morgan fingerprint density at radius 1 is 1.21 bits per heavy atom. The SMILES string of the molecule is O=C(O)Cc1ccc(CNC2(C(F)(F)F)CC2)cc1. The molecule has 0 radical (unpaired) electrons. The van der Waals surface area contributed by atoms with E-state index >= 15 is 0 Å². The monoisotopic (exact) mass is 273 g/mol. The fourth-order valence-corrected chi connectivity index (χ4v) is 1.91. The number of halogens is 3. The third-order valence-corrected chi connectivity index (χ3v) is 3.30. The standard InChI is InChI=1S/C13H14F3NO2/c14-13(15,16)12(5-6-12)17-8-10-3-1-9(2-4-10)7-11(18)19/h1-4,17H,5-8H2,(H,18,19). The molecule has 0 atom stereocenters. The summed E-state index contributed by atoms with van der Waals surface area (Å²) in [6.07, 6.45) is -4.06. The average molecular weight is 273 g/mol. The van der Waals surface area contributed by atoms with E-state index in [-0.39, 0.29) is 25.8 Å². The predicted molar refractivity (Wildman–Crippen MR) is 62.6 cm³/mol. The summed E-state index contributed by atoms with van der Waals surface area (Å²) < 4.78 is 38.0. The van der Waals surface area contributed by atoms with Gasteiger partial charge in [-0.15, -0.1) is 0 Å².